The maximum Gasteiger partial charge on any atom is 0.450 e. The molecule has 4 rings (SSSR count). The summed E-state index contributed by atoms with van der Waals surface area (Å²) < 4.78 is 55.4. The number of nitrogens with zero attached hydrogens (tertiary/aromatic N) is 2. The molecule has 0 saturated carbocycles. The summed E-state index contributed by atoms with van der Waals surface area (Å²) in [4.78, 5) is 3.92. The third-order valence-corrected chi connectivity index (χ3v) is 4.64. The molecule has 4 aromatic rings. The van der Waals surface area contributed by atoms with E-state index < -0.39 is 17.8 Å². The van der Waals surface area contributed by atoms with Crippen LogP contribution in [0.4, 0.5) is 23.2 Å². The van der Waals surface area contributed by atoms with Crippen LogP contribution in [0, 0.1) is 5.82 Å². The van der Waals surface area contributed by atoms with Crippen LogP contribution >= 0.6 is 12.2 Å². The van der Waals surface area contributed by atoms with Crippen LogP contribution in [0.1, 0.15) is 11.4 Å². The van der Waals surface area contributed by atoms with Crippen molar-refractivity contribution in [3.05, 3.63) is 90.0 Å². The van der Waals surface area contributed by atoms with Crippen molar-refractivity contribution >= 4 is 33.9 Å². The molecule has 0 amide bonds. The minimum Gasteiger partial charge on any atom is -0.346 e. The number of para-hydroxylation sites is 2. The molecule has 29 heavy (non-hydrogen) atoms. The van der Waals surface area contributed by atoms with E-state index >= 15 is 0 Å². The molecule has 146 valence electrons. The van der Waals surface area contributed by atoms with Crippen molar-refractivity contribution in [2.24, 2.45) is 0 Å². The summed E-state index contributed by atoms with van der Waals surface area (Å²) in [5.41, 5.74) is 1.67. The summed E-state index contributed by atoms with van der Waals surface area (Å²) in [5.74, 6) is -1.46. The molecule has 0 spiro atoms. The zero-order valence-electron chi connectivity index (χ0n) is 14.7. The molecule has 1 heterocycles. The van der Waals surface area contributed by atoms with Gasteiger partial charge in [0, 0.05) is 16.9 Å². The smallest absolute Gasteiger partial charge is 0.346 e. The highest BCUT2D eigenvalue weighted by molar-refractivity contribution is 7.81. The molecule has 1 aromatic heterocycles. The first kappa shape index (κ1) is 19.1. The van der Waals surface area contributed by atoms with E-state index in [9.17, 15) is 17.6 Å². The summed E-state index contributed by atoms with van der Waals surface area (Å²) in [6.07, 6.45) is -4.61. The largest absolute Gasteiger partial charge is 0.450 e. The molecule has 0 radical (unpaired) electrons. The van der Waals surface area contributed by atoms with Gasteiger partial charge in [0.25, 0.3) is 0 Å². The van der Waals surface area contributed by atoms with E-state index in [2.05, 4.69) is 10.3 Å². The molecular weight excluding hydrogens is 402 g/mol. The first-order valence-electron chi connectivity index (χ1n) is 8.55. The topological polar surface area (TPSA) is 29.9 Å². The molecule has 3 aromatic carbocycles. The third-order valence-electron chi connectivity index (χ3n) is 4.32. The van der Waals surface area contributed by atoms with Gasteiger partial charge in [0.15, 0.2) is 0 Å². The monoisotopic (exact) mass is 415 g/mol. The molecule has 0 bridgehead atoms. The van der Waals surface area contributed by atoms with Crippen LogP contribution in [0.2, 0.25) is 0 Å². The molecule has 0 aliphatic carbocycles. The Morgan fingerprint density at radius 1 is 0.897 bits per heavy atom. The standard InChI is InChI=1S/C21H13F4N3S/c22-16-6-2-1-5-15(16)19(29)26-13-9-11-14(12-10-13)28-18-8-4-3-7-17(18)27-20(28)21(23,24)25/h1-12H,(H,26,29). The fraction of sp³-hybridized carbons (Fsp3) is 0.0476. The van der Waals surface area contributed by atoms with Gasteiger partial charge < -0.3 is 5.32 Å². The van der Waals surface area contributed by atoms with Gasteiger partial charge in [-0.15, -0.1) is 0 Å². The predicted octanol–water partition coefficient (Wildman–Crippen LogP) is 5.97. The van der Waals surface area contributed by atoms with E-state index in [-0.39, 0.29) is 16.1 Å². The number of imidazole rings is 1. The molecule has 1 N–H and O–H groups in total. The number of alkyl halides is 3. The van der Waals surface area contributed by atoms with Crippen LogP contribution in [-0.4, -0.2) is 14.5 Å². The van der Waals surface area contributed by atoms with Crippen molar-refractivity contribution in [2.45, 2.75) is 6.18 Å². The number of aromatic nitrogens is 2. The second-order valence-corrected chi connectivity index (χ2v) is 6.65. The Morgan fingerprint density at radius 2 is 1.55 bits per heavy atom. The highest BCUT2D eigenvalue weighted by atomic mass is 32.1. The molecule has 0 aliphatic rings. The lowest BCUT2D eigenvalue weighted by molar-refractivity contribution is -0.145. The number of halogens is 4. The van der Waals surface area contributed by atoms with Gasteiger partial charge in [0.05, 0.1) is 11.0 Å². The number of fused-ring (bicyclic) bond motifs is 1. The zero-order chi connectivity index (χ0) is 20.6. The second-order valence-electron chi connectivity index (χ2n) is 6.24. The Kier molecular flexibility index (Phi) is 4.79. The van der Waals surface area contributed by atoms with Crippen molar-refractivity contribution in [3.63, 3.8) is 0 Å². The van der Waals surface area contributed by atoms with Gasteiger partial charge in [-0.1, -0.05) is 36.5 Å². The average Bonchev–Trinajstić information content (AvgIpc) is 3.09. The van der Waals surface area contributed by atoms with Crippen LogP contribution in [0.3, 0.4) is 0 Å². The van der Waals surface area contributed by atoms with Gasteiger partial charge >= 0.3 is 6.18 Å². The van der Waals surface area contributed by atoms with Crippen molar-refractivity contribution in [1.29, 1.82) is 0 Å². The van der Waals surface area contributed by atoms with Gasteiger partial charge in [-0.25, -0.2) is 9.37 Å². The Hall–Kier alpha value is -3.26. The third kappa shape index (κ3) is 3.71. The van der Waals surface area contributed by atoms with Crippen molar-refractivity contribution in [1.82, 2.24) is 9.55 Å². The number of benzene rings is 3. The van der Waals surface area contributed by atoms with Crippen LogP contribution < -0.4 is 5.32 Å². The lowest BCUT2D eigenvalue weighted by Crippen LogP contribution is -2.14. The summed E-state index contributed by atoms with van der Waals surface area (Å²) in [6.45, 7) is 0. The number of anilines is 1. The van der Waals surface area contributed by atoms with Crippen molar-refractivity contribution in [3.8, 4) is 5.69 Å². The number of nitrogens with one attached hydrogen (secondary N) is 1. The second kappa shape index (κ2) is 7.29. The van der Waals surface area contributed by atoms with Crippen LogP contribution in [0.15, 0.2) is 72.8 Å². The molecule has 8 heteroatoms. The van der Waals surface area contributed by atoms with Crippen molar-refractivity contribution in [2.75, 3.05) is 5.32 Å². The number of hydrogen-bond acceptors (Lipinski definition) is 2. The summed E-state index contributed by atoms with van der Waals surface area (Å²) in [6, 6.07) is 18.7. The summed E-state index contributed by atoms with van der Waals surface area (Å²) in [5, 5.41) is 2.90. The fourth-order valence-corrected chi connectivity index (χ4v) is 3.30. The lowest BCUT2D eigenvalue weighted by atomic mass is 10.2. The normalized spacial score (nSPS) is 11.6. The maximum absolute atomic E-state index is 13.9. The van der Waals surface area contributed by atoms with Gasteiger partial charge in [-0.2, -0.15) is 13.2 Å². The predicted molar refractivity (Wildman–Crippen MR) is 108 cm³/mol. The van der Waals surface area contributed by atoms with E-state index in [4.69, 9.17) is 12.2 Å². The highest BCUT2D eigenvalue weighted by Gasteiger charge is 2.38. The van der Waals surface area contributed by atoms with Crippen LogP contribution in [0.5, 0.6) is 0 Å². The lowest BCUT2D eigenvalue weighted by Gasteiger charge is -2.13. The molecular formula is C21H13F4N3S. The first-order chi connectivity index (χ1) is 13.8. The zero-order valence-corrected chi connectivity index (χ0v) is 15.6. The Labute approximate surface area is 168 Å². The Bertz CT molecular complexity index is 1200. The van der Waals surface area contributed by atoms with Gasteiger partial charge in [0.2, 0.25) is 5.82 Å². The maximum atomic E-state index is 13.9. The van der Waals surface area contributed by atoms with E-state index in [1.54, 1.807) is 48.5 Å². The van der Waals surface area contributed by atoms with E-state index in [1.807, 2.05) is 0 Å². The SMILES string of the molecule is Fc1ccccc1C(=S)Nc1ccc(-n2c(C(F)(F)F)nc3ccccc32)cc1. The molecule has 3 nitrogen and oxygen atoms in total. The highest BCUT2D eigenvalue weighted by Crippen LogP contribution is 2.34. The fourth-order valence-electron chi connectivity index (χ4n) is 3.02. The molecule has 0 saturated heterocycles. The number of thiocarbonyl (C=S) groups is 1. The molecule has 0 aliphatic heterocycles. The van der Waals surface area contributed by atoms with Crippen LogP contribution in [-0.2, 0) is 6.18 Å². The quantitative estimate of drug-likeness (QED) is 0.330. The summed E-state index contributed by atoms with van der Waals surface area (Å²) in [7, 11) is 0. The van der Waals surface area contributed by atoms with Gasteiger partial charge in [0.1, 0.15) is 10.8 Å². The molecule has 0 unspecified atom stereocenters. The van der Waals surface area contributed by atoms with E-state index in [1.165, 1.54) is 24.3 Å². The van der Waals surface area contributed by atoms with Crippen molar-refractivity contribution < 1.29 is 17.6 Å². The first-order valence-corrected chi connectivity index (χ1v) is 8.96. The molecule has 0 atom stereocenters. The van der Waals surface area contributed by atoms with E-state index in [0.29, 0.717) is 16.9 Å². The minimum absolute atomic E-state index is 0.180. The Morgan fingerprint density at radius 3 is 2.24 bits per heavy atom. The summed E-state index contributed by atoms with van der Waals surface area (Å²) >= 11 is 5.22. The van der Waals surface area contributed by atoms with Crippen LogP contribution in [0.25, 0.3) is 16.7 Å². The van der Waals surface area contributed by atoms with E-state index in [0.717, 1.165) is 4.57 Å². The van der Waals surface area contributed by atoms with Gasteiger partial charge in [-0.3, -0.25) is 4.57 Å². The van der Waals surface area contributed by atoms with Gasteiger partial charge in [-0.05, 0) is 48.5 Å². The average molecular weight is 415 g/mol. The number of hydrogen-bond donors (Lipinski definition) is 1. The number of rotatable bonds is 3. The molecule has 0 fully saturated rings. The Balaban J connectivity index is 1.69. The minimum atomic E-state index is -4.61.